The van der Waals surface area contributed by atoms with Crippen LogP contribution in [0.2, 0.25) is 0 Å². The molecule has 0 unspecified atom stereocenters. The summed E-state index contributed by atoms with van der Waals surface area (Å²) >= 11 is 0. The monoisotopic (exact) mass is 247 g/mol. The molecule has 0 aliphatic heterocycles. The number of rotatable bonds is 4. The van der Waals surface area contributed by atoms with Gasteiger partial charge in [-0.3, -0.25) is 9.59 Å². The van der Waals surface area contributed by atoms with Crippen molar-refractivity contribution in [3.05, 3.63) is 46.4 Å². The number of pyridine rings is 1. The average Bonchev–Trinajstić information content (AvgIpc) is 2.84. The molecule has 0 fully saturated rings. The lowest BCUT2D eigenvalue weighted by molar-refractivity contribution is 0.0948. The minimum Gasteiger partial charge on any atom is -0.367 e. The summed E-state index contributed by atoms with van der Waals surface area (Å²) in [4.78, 5) is 25.9. The van der Waals surface area contributed by atoms with Crippen molar-refractivity contribution < 1.29 is 4.79 Å². The fraction of sp³-hybridized carbons (Fsp3) is 0.273. The summed E-state index contributed by atoms with van der Waals surface area (Å²) in [5, 5.41) is 10.3. The second-order valence-electron chi connectivity index (χ2n) is 3.64. The van der Waals surface area contributed by atoms with Crippen LogP contribution in [0.15, 0.2) is 29.6 Å². The highest BCUT2D eigenvalue weighted by atomic mass is 16.2. The van der Waals surface area contributed by atoms with Crippen LogP contribution in [-0.2, 0) is 13.1 Å². The number of nitrogens with zero attached hydrogens (tertiary/aromatic N) is 3. The standard InChI is InChI=1S/C11H13N5O2/c1-2-16-7-14-15-10(16)6-13-11(18)8-5-12-4-3-9(8)17/h3-5,7H,2,6H2,1H3,(H,12,17)(H,13,18). The molecular formula is C11H13N5O2. The summed E-state index contributed by atoms with van der Waals surface area (Å²) < 4.78 is 1.81. The molecule has 2 rings (SSSR count). The predicted molar refractivity (Wildman–Crippen MR) is 63.9 cm³/mol. The Morgan fingerprint density at radius 3 is 3.11 bits per heavy atom. The summed E-state index contributed by atoms with van der Waals surface area (Å²) in [7, 11) is 0. The molecule has 0 aliphatic rings. The minimum atomic E-state index is -0.428. The number of aryl methyl sites for hydroxylation is 1. The van der Waals surface area contributed by atoms with Gasteiger partial charge < -0.3 is 14.9 Å². The van der Waals surface area contributed by atoms with Crippen LogP contribution in [0.4, 0.5) is 0 Å². The van der Waals surface area contributed by atoms with E-state index in [2.05, 4.69) is 20.5 Å². The van der Waals surface area contributed by atoms with Gasteiger partial charge in [0.1, 0.15) is 11.9 Å². The van der Waals surface area contributed by atoms with E-state index >= 15 is 0 Å². The Morgan fingerprint density at radius 2 is 2.39 bits per heavy atom. The molecule has 2 N–H and O–H groups in total. The molecule has 2 aromatic heterocycles. The van der Waals surface area contributed by atoms with Crippen molar-refractivity contribution in [2.75, 3.05) is 0 Å². The normalized spacial score (nSPS) is 10.3. The largest absolute Gasteiger partial charge is 0.367 e. The lowest BCUT2D eigenvalue weighted by Crippen LogP contribution is -2.29. The van der Waals surface area contributed by atoms with Crippen LogP contribution in [0.5, 0.6) is 0 Å². The number of aromatic nitrogens is 4. The summed E-state index contributed by atoms with van der Waals surface area (Å²) in [6.07, 6.45) is 4.45. The number of aromatic amines is 1. The minimum absolute atomic E-state index is 0.0834. The SMILES string of the molecule is CCn1cnnc1CNC(=O)c1c[nH]ccc1=O. The fourth-order valence-electron chi connectivity index (χ4n) is 1.53. The Morgan fingerprint density at radius 1 is 1.56 bits per heavy atom. The van der Waals surface area contributed by atoms with Gasteiger partial charge in [0.25, 0.3) is 5.91 Å². The van der Waals surface area contributed by atoms with Crippen LogP contribution in [0.1, 0.15) is 23.1 Å². The Kier molecular flexibility index (Phi) is 3.52. The third-order valence-corrected chi connectivity index (χ3v) is 2.51. The summed E-state index contributed by atoms with van der Waals surface area (Å²) in [6.45, 7) is 2.92. The summed E-state index contributed by atoms with van der Waals surface area (Å²) in [6, 6.07) is 1.31. The molecule has 1 amide bonds. The zero-order valence-corrected chi connectivity index (χ0v) is 9.88. The van der Waals surface area contributed by atoms with Crippen LogP contribution in [0, 0.1) is 0 Å². The molecule has 7 nitrogen and oxygen atoms in total. The molecule has 94 valence electrons. The van der Waals surface area contributed by atoms with Crippen LogP contribution < -0.4 is 10.7 Å². The molecule has 0 atom stereocenters. The molecule has 0 radical (unpaired) electrons. The lowest BCUT2D eigenvalue weighted by atomic mass is 10.2. The third-order valence-electron chi connectivity index (χ3n) is 2.51. The van der Waals surface area contributed by atoms with Crippen LogP contribution >= 0.6 is 0 Å². The van der Waals surface area contributed by atoms with Gasteiger partial charge in [0.15, 0.2) is 11.3 Å². The molecule has 2 aromatic rings. The first kappa shape index (κ1) is 12.0. The van der Waals surface area contributed by atoms with Crippen molar-refractivity contribution >= 4 is 5.91 Å². The van der Waals surface area contributed by atoms with Gasteiger partial charge in [-0.25, -0.2) is 0 Å². The fourth-order valence-corrected chi connectivity index (χ4v) is 1.53. The van der Waals surface area contributed by atoms with Gasteiger partial charge in [-0.1, -0.05) is 0 Å². The van der Waals surface area contributed by atoms with E-state index in [-0.39, 0.29) is 17.5 Å². The van der Waals surface area contributed by atoms with Crippen LogP contribution in [-0.4, -0.2) is 25.7 Å². The van der Waals surface area contributed by atoms with Gasteiger partial charge in [0.05, 0.1) is 6.54 Å². The number of carbonyl (C=O) groups excluding carboxylic acids is 1. The van der Waals surface area contributed by atoms with E-state index in [1.807, 2.05) is 11.5 Å². The van der Waals surface area contributed by atoms with E-state index in [1.54, 1.807) is 6.33 Å². The van der Waals surface area contributed by atoms with Crippen molar-refractivity contribution in [2.45, 2.75) is 20.0 Å². The van der Waals surface area contributed by atoms with Gasteiger partial charge >= 0.3 is 0 Å². The highest BCUT2D eigenvalue weighted by Gasteiger charge is 2.10. The maximum absolute atomic E-state index is 11.8. The zero-order valence-electron chi connectivity index (χ0n) is 9.88. The first-order chi connectivity index (χ1) is 8.72. The van der Waals surface area contributed by atoms with Crippen molar-refractivity contribution in [1.29, 1.82) is 0 Å². The van der Waals surface area contributed by atoms with Gasteiger partial charge in [-0.15, -0.1) is 10.2 Å². The first-order valence-corrected chi connectivity index (χ1v) is 5.54. The first-order valence-electron chi connectivity index (χ1n) is 5.54. The Bertz CT molecular complexity index is 601. The van der Waals surface area contributed by atoms with E-state index < -0.39 is 5.91 Å². The number of H-pyrrole nitrogens is 1. The van der Waals surface area contributed by atoms with Crippen molar-refractivity contribution in [3.63, 3.8) is 0 Å². The average molecular weight is 247 g/mol. The van der Waals surface area contributed by atoms with Gasteiger partial charge in [-0.05, 0) is 6.92 Å². The Labute approximate surface area is 103 Å². The van der Waals surface area contributed by atoms with E-state index in [0.29, 0.717) is 5.82 Å². The molecule has 2 heterocycles. The second-order valence-corrected chi connectivity index (χ2v) is 3.64. The van der Waals surface area contributed by atoms with Gasteiger partial charge in [0, 0.05) is 25.0 Å². The number of nitrogens with one attached hydrogen (secondary N) is 2. The highest BCUT2D eigenvalue weighted by molar-refractivity contribution is 5.93. The molecule has 0 aliphatic carbocycles. The van der Waals surface area contributed by atoms with Crippen LogP contribution in [0.25, 0.3) is 0 Å². The topological polar surface area (TPSA) is 92.7 Å². The molecule has 0 saturated carbocycles. The molecule has 0 spiro atoms. The smallest absolute Gasteiger partial charge is 0.257 e. The molecule has 0 aromatic carbocycles. The van der Waals surface area contributed by atoms with E-state index in [4.69, 9.17) is 0 Å². The van der Waals surface area contributed by atoms with Gasteiger partial charge in [-0.2, -0.15) is 0 Å². The quantitative estimate of drug-likeness (QED) is 0.790. The molecule has 0 saturated heterocycles. The van der Waals surface area contributed by atoms with E-state index in [9.17, 15) is 9.59 Å². The summed E-state index contributed by atoms with van der Waals surface area (Å²) in [5.74, 6) is 0.223. The number of hydrogen-bond donors (Lipinski definition) is 2. The van der Waals surface area contributed by atoms with E-state index in [0.717, 1.165) is 6.54 Å². The third kappa shape index (κ3) is 2.45. The maximum atomic E-state index is 11.8. The number of carbonyl (C=O) groups is 1. The summed E-state index contributed by atoms with van der Waals surface area (Å²) in [5.41, 5.74) is -0.233. The van der Waals surface area contributed by atoms with Crippen LogP contribution in [0.3, 0.4) is 0 Å². The predicted octanol–water partition coefficient (Wildman–Crippen LogP) is -0.0837. The Hall–Kier alpha value is -2.44. The second kappa shape index (κ2) is 5.26. The molecule has 7 heteroatoms. The van der Waals surface area contributed by atoms with Crippen molar-refractivity contribution in [1.82, 2.24) is 25.1 Å². The van der Waals surface area contributed by atoms with Crippen molar-refractivity contribution in [2.24, 2.45) is 0 Å². The molecule has 0 bridgehead atoms. The van der Waals surface area contributed by atoms with E-state index in [1.165, 1.54) is 18.5 Å². The lowest BCUT2D eigenvalue weighted by Gasteiger charge is -2.05. The van der Waals surface area contributed by atoms with Gasteiger partial charge in [0.2, 0.25) is 0 Å². The molecule has 18 heavy (non-hydrogen) atoms. The molecular weight excluding hydrogens is 234 g/mol. The highest BCUT2D eigenvalue weighted by Crippen LogP contribution is 1.95. The Balaban J connectivity index is 2.05. The number of hydrogen-bond acceptors (Lipinski definition) is 4. The van der Waals surface area contributed by atoms with Crippen molar-refractivity contribution in [3.8, 4) is 0 Å². The maximum Gasteiger partial charge on any atom is 0.257 e. The number of amides is 1. The zero-order chi connectivity index (χ0) is 13.0.